The van der Waals surface area contributed by atoms with Crippen LogP contribution in [0.25, 0.3) is 0 Å². The van der Waals surface area contributed by atoms with Crippen LogP contribution in [-0.4, -0.2) is 8.42 Å². The van der Waals surface area contributed by atoms with Crippen LogP contribution in [0.2, 0.25) is 5.02 Å². The predicted octanol–water partition coefficient (Wildman–Crippen LogP) is 4.10. The number of nitrogens with one attached hydrogen (secondary N) is 1. The Kier molecular flexibility index (Phi) is 4.51. The third-order valence-electron chi connectivity index (χ3n) is 3.09. The predicted molar refractivity (Wildman–Crippen MR) is 90.3 cm³/mol. The molecule has 0 radical (unpaired) electrons. The summed E-state index contributed by atoms with van der Waals surface area (Å²) in [7, 11) is -3.76. The number of sulfonamides is 1. The molecule has 2 aromatic rings. The first-order valence-corrected chi connectivity index (χ1v) is 8.71. The van der Waals surface area contributed by atoms with Crippen molar-refractivity contribution in [1.82, 2.24) is 0 Å². The fourth-order valence-electron chi connectivity index (χ4n) is 2.02. The van der Waals surface area contributed by atoms with E-state index in [1.807, 2.05) is 0 Å². The minimum absolute atomic E-state index is 0.182. The molecule has 0 saturated carbocycles. The molecule has 0 atom stereocenters. The van der Waals surface area contributed by atoms with E-state index in [-0.39, 0.29) is 4.90 Å². The molecule has 2 rings (SSSR count). The molecule has 0 unspecified atom stereocenters. The number of aryl methyl sites for hydroxylation is 1. The number of nitrogens with two attached hydrogens (primary N) is 1. The maximum Gasteiger partial charge on any atom is 0.262 e. The SMILES string of the molecule is Cc1ccc(N)c(C)c1S(=O)(=O)Nc1ccc(Br)cc1Cl. The Morgan fingerprint density at radius 2 is 1.86 bits per heavy atom. The Labute approximate surface area is 137 Å². The van der Waals surface area contributed by atoms with Crippen molar-refractivity contribution in [3.8, 4) is 0 Å². The van der Waals surface area contributed by atoms with Crippen LogP contribution in [0.3, 0.4) is 0 Å². The van der Waals surface area contributed by atoms with Gasteiger partial charge < -0.3 is 5.73 Å². The Balaban J connectivity index is 2.51. The summed E-state index contributed by atoms with van der Waals surface area (Å²) >= 11 is 9.33. The molecule has 21 heavy (non-hydrogen) atoms. The van der Waals surface area contributed by atoms with E-state index in [0.29, 0.717) is 27.5 Å². The number of hydrogen-bond acceptors (Lipinski definition) is 3. The molecule has 3 N–H and O–H groups in total. The van der Waals surface area contributed by atoms with Gasteiger partial charge >= 0.3 is 0 Å². The molecule has 0 aliphatic carbocycles. The van der Waals surface area contributed by atoms with Crippen molar-refractivity contribution >= 4 is 48.9 Å². The molecule has 112 valence electrons. The fraction of sp³-hybridized carbons (Fsp3) is 0.143. The second kappa shape index (κ2) is 5.87. The summed E-state index contributed by atoms with van der Waals surface area (Å²) in [6, 6.07) is 8.30. The molecule has 0 spiro atoms. The smallest absolute Gasteiger partial charge is 0.262 e. The standard InChI is InChI=1S/C14H14BrClN2O2S/c1-8-3-5-12(17)9(2)14(8)21(19,20)18-13-6-4-10(15)7-11(13)16/h3-7,18H,17H2,1-2H3. The van der Waals surface area contributed by atoms with Gasteiger partial charge in [0.1, 0.15) is 0 Å². The van der Waals surface area contributed by atoms with Crippen LogP contribution in [0.15, 0.2) is 39.7 Å². The number of anilines is 2. The Hall–Kier alpha value is -1.24. The zero-order chi connectivity index (χ0) is 15.8. The maximum atomic E-state index is 12.6. The molecular formula is C14H14BrClN2O2S. The molecule has 0 aliphatic heterocycles. The molecule has 0 saturated heterocycles. The first kappa shape index (κ1) is 16.1. The maximum absolute atomic E-state index is 12.6. The van der Waals surface area contributed by atoms with Crippen LogP contribution in [0.4, 0.5) is 11.4 Å². The number of hydrogen-bond donors (Lipinski definition) is 2. The van der Waals surface area contributed by atoms with Crippen LogP contribution in [-0.2, 0) is 10.0 Å². The fourth-order valence-corrected chi connectivity index (χ4v) is 4.38. The summed E-state index contributed by atoms with van der Waals surface area (Å²) in [5.74, 6) is 0. The minimum Gasteiger partial charge on any atom is -0.398 e. The first-order valence-electron chi connectivity index (χ1n) is 6.06. The molecule has 0 fully saturated rings. The Morgan fingerprint density at radius 1 is 1.19 bits per heavy atom. The van der Waals surface area contributed by atoms with E-state index in [4.69, 9.17) is 17.3 Å². The van der Waals surface area contributed by atoms with Gasteiger partial charge in [-0.1, -0.05) is 33.6 Å². The minimum atomic E-state index is -3.76. The van der Waals surface area contributed by atoms with E-state index in [9.17, 15) is 8.42 Å². The Morgan fingerprint density at radius 3 is 2.48 bits per heavy atom. The first-order chi connectivity index (χ1) is 9.72. The number of halogens is 2. The number of rotatable bonds is 3. The van der Waals surface area contributed by atoms with Crippen molar-refractivity contribution < 1.29 is 8.42 Å². The molecule has 0 aliphatic rings. The van der Waals surface area contributed by atoms with Crippen LogP contribution in [0, 0.1) is 13.8 Å². The monoisotopic (exact) mass is 388 g/mol. The van der Waals surface area contributed by atoms with Crippen LogP contribution in [0.5, 0.6) is 0 Å². The van der Waals surface area contributed by atoms with Crippen LogP contribution >= 0.6 is 27.5 Å². The highest BCUT2D eigenvalue weighted by molar-refractivity contribution is 9.10. The van der Waals surface area contributed by atoms with Crippen LogP contribution in [0.1, 0.15) is 11.1 Å². The highest BCUT2D eigenvalue weighted by Gasteiger charge is 2.21. The largest absolute Gasteiger partial charge is 0.398 e. The van der Waals surface area contributed by atoms with Gasteiger partial charge in [0, 0.05) is 10.2 Å². The summed E-state index contributed by atoms with van der Waals surface area (Å²) in [5, 5.41) is 0.312. The number of nitrogen functional groups attached to an aromatic ring is 1. The third kappa shape index (κ3) is 3.33. The molecule has 0 bridgehead atoms. The van der Waals surface area contributed by atoms with E-state index in [2.05, 4.69) is 20.7 Å². The lowest BCUT2D eigenvalue weighted by atomic mass is 10.1. The zero-order valence-corrected chi connectivity index (χ0v) is 14.6. The lowest BCUT2D eigenvalue weighted by Gasteiger charge is -2.15. The van der Waals surface area contributed by atoms with Gasteiger partial charge in [0.2, 0.25) is 0 Å². The second-order valence-corrected chi connectivity index (χ2v) is 7.60. The molecule has 0 amide bonds. The average molecular weight is 390 g/mol. The van der Waals surface area contributed by atoms with Crippen molar-refractivity contribution in [3.63, 3.8) is 0 Å². The van der Waals surface area contributed by atoms with Gasteiger partial charge in [-0.05, 0) is 49.2 Å². The molecule has 2 aromatic carbocycles. The normalized spacial score (nSPS) is 11.4. The van der Waals surface area contributed by atoms with E-state index < -0.39 is 10.0 Å². The molecule has 4 nitrogen and oxygen atoms in total. The molecule has 7 heteroatoms. The highest BCUT2D eigenvalue weighted by atomic mass is 79.9. The molecule has 0 aromatic heterocycles. The lowest BCUT2D eigenvalue weighted by molar-refractivity contribution is 0.600. The van der Waals surface area contributed by atoms with E-state index in [1.165, 1.54) is 0 Å². The van der Waals surface area contributed by atoms with Crippen molar-refractivity contribution in [3.05, 3.63) is 51.0 Å². The topological polar surface area (TPSA) is 72.2 Å². The van der Waals surface area contributed by atoms with Gasteiger partial charge in [-0.25, -0.2) is 8.42 Å². The second-order valence-electron chi connectivity index (χ2n) is 4.66. The van der Waals surface area contributed by atoms with Gasteiger partial charge in [-0.2, -0.15) is 0 Å². The third-order valence-corrected chi connectivity index (χ3v) is 5.55. The Bertz CT molecular complexity index is 807. The van der Waals surface area contributed by atoms with Crippen molar-refractivity contribution in [2.75, 3.05) is 10.5 Å². The van der Waals surface area contributed by atoms with Gasteiger partial charge in [0.05, 0.1) is 15.6 Å². The van der Waals surface area contributed by atoms with Gasteiger partial charge in [-0.3, -0.25) is 4.72 Å². The van der Waals surface area contributed by atoms with Gasteiger partial charge in [0.15, 0.2) is 0 Å². The van der Waals surface area contributed by atoms with Gasteiger partial charge in [0.25, 0.3) is 10.0 Å². The van der Waals surface area contributed by atoms with Crippen molar-refractivity contribution in [1.29, 1.82) is 0 Å². The highest BCUT2D eigenvalue weighted by Crippen LogP contribution is 2.30. The molecule has 0 heterocycles. The van der Waals surface area contributed by atoms with E-state index in [1.54, 1.807) is 44.2 Å². The van der Waals surface area contributed by atoms with E-state index >= 15 is 0 Å². The summed E-state index contributed by atoms with van der Waals surface area (Å²) in [6.07, 6.45) is 0. The van der Waals surface area contributed by atoms with Crippen LogP contribution < -0.4 is 10.5 Å². The molecular weight excluding hydrogens is 376 g/mol. The zero-order valence-electron chi connectivity index (χ0n) is 11.4. The average Bonchev–Trinajstić information content (AvgIpc) is 2.37. The van der Waals surface area contributed by atoms with Crippen molar-refractivity contribution in [2.24, 2.45) is 0 Å². The van der Waals surface area contributed by atoms with Gasteiger partial charge in [-0.15, -0.1) is 0 Å². The van der Waals surface area contributed by atoms with E-state index in [0.717, 1.165) is 4.47 Å². The number of benzene rings is 2. The lowest BCUT2D eigenvalue weighted by Crippen LogP contribution is -2.16. The summed E-state index contributed by atoms with van der Waals surface area (Å²) in [6.45, 7) is 3.41. The van der Waals surface area contributed by atoms with Crippen molar-refractivity contribution in [2.45, 2.75) is 18.7 Å². The quantitative estimate of drug-likeness (QED) is 0.776. The summed E-state index contributed by atoms with van der Waals surface area (Å²) in [4.78, 5) is 0.182. The summed E-state index contributed by atoms with van der Waals surface area (Å²) in [5.41, 5.74) is 7.71. The summed E-state index contributed by atoms with van der Waals surface area (Å²) < 4.78 is 28.5.